The zero-order valence-electron chi connectivity index (χ0n) is 12.7. The van der Waals surface area contributed by atoms with Crippen LogP contribution in [0, 0.1) is 0 Å². The fourth-order valence-corrected chi connectivity index (χ4v) is 2.88. The van der Waals surface area contributed by atoms with Gasteiger partial charge in [0, 0.05) is 5.92 Å². The van der Waals surface area contributed by atoms with Gasteiger partial charge in [0.25, 0.3) is 0 Å². The molecule has 5 nitrogen and oxygen atoms in total. The van der Waals surface area contributed by atoms with Crippen molar-refractivity contribution in [3.05, 3.63) is 59.7 Å². The Morgan fingerprint density at radius 2 is 1.61 bits per heavy atom. The van der Waals surface area contributed by atoms with Gasteiger partial charge in [-0.2, -0.15) is 0 Å². The molecule has 3 rings (SSSR count). The lowest BCUT2D eigenvalue weighted by Gasteiger charge is -2.15. The second-order valence-electron chi connectivity index (χ2n) is 5.53. The lowest BCUT2D eigenvalue weighted by molar-refractivity contribution is -0.138. The number of hydrogen-bond donors (Lipinski definition) is 2. The summed E-state index contributed by atoms with van der Waals surface area (Å²) in [4.78, 5) is 22.5. The van der Waals surface area contributed by atoms with Gasteiger partial charge in [0.15, 0.2) is 0 Å². The molecule has 0 unspecified atom stereocenters. The zero-order valence-corrected chi connectivity index (χ0v) is 12.7. The number of alkyl carbamates (subject to hydrolysis) is 1. The number of amides is 1. The van der Waals surface area contributed by atoms with Crippen LogP contribution in [0.15, 0.2) is 48.5 Å². The van der Waals surface area contributed by atoms with Crippen LogP contribution in [0.1, 0.15) is 24.0 Å². The first kappa shape index (κ1) is 15.1. The highest BCUT2D eigenvalue weighted by atomic mass is 16.6. The van der Waals surface area contributed by atoms with Crippen molar-refractivity contribution in [3.8, 4) is 11.1 Å². The van der Waals surface area contributed by atoms with Gasteiger partial charge in [0.1, 0.15) is 12.6 Å². The maximum Gasteiger partial charge on any atom is 0.407 e. The van der Waals surface area contributed by atoms with E-state index in [0.29, 0.717) is 0 Å². The van der Waals surface area contributed by atoms with E-state index in [4.69, 9.17) is 9.84 Å². The number of hydrogen-bond acceptors (Lipinski definition) is 3. The Kier molecular flexibility index (Phi) is 4.02. The summed E-state index contributed by atoms with van der Waals surface area (Å²) in [6.07, 6.45) is -0.721. The third-order valence-corrected chi connectivity index (χ3v) is 4.05. The lowest BCUT2D eigenvalue weighted by atomic mass is 9.98. The highest BCUT2D eigenvalue weighted by Crippen LogP contribution is 2.44. The monoisotopic (exact) mass is 314 g/mol. The van der Waals surface area contributed by atoms with E-state index < -0.39 is 18.1 Å². The van der Waals surface area contributed by atoms with Crippen LogP contribution in [-0.2, 0) is 9.53 Å². The van der Waals surface area contributed by atoms with E-state index in [0.717, 1.165) is 22.3 Å². The van der Waals surface area contributed by atoms with Gasteiger partial charge >= 0.3 is 12.1 Å². The molecule has 0 bridgehead atoms. The number of fused-ring (bicyclic) bond motifs is 3. The van der Waals surface area contributed by atoms with Crippen molar-refractivity contribution in [2.45, 2.75) is 18.9 Å². The fraction of sp³-hybridized carbons (Fsp3) is 0.222. The van der Waals surface area contributed by atoms with Gasteiger partial charge < -0.3 is 15.2 Å². The van der Waals surface area contributed by atoms with Crippen LogP contribution in [-0.4, -0.2) is 29.8 Å². The summed E-state index contributed by atoms with van der Waals surface area (Å²) in [5.41, 5.74) is 4.53. The van der Waals surface area contributed by atoms with E-state index in [2.05, 4.69) is 17.4 Å². The smallest absolute Gasteiger partial charge is 0.407 e. The summed E-state index contributed by atoms with van der Waals surface area (Å²) in [5.74, 6) is -1.13. The zero-order chi connectivity index (χ0) is 16.4. The summed E-state index contributed by atoms with van der Waals surface area (Å²) in [7, 11) is 0. The van der Waals surface area contributed by atoms with Gasteiger partial charge in [-0.15, -0.1) is 0 Å². The van der Waals surface area contributed by atoms with Gasteiger partial charge in [-0.25, -0.2) is 4.79 Å². The molecule has 1 atom stereocenters. The Balaban J connectivity index is 1.76. The SMILES string of the molecule is [13CH3][13C@H](NC(=O)OCC1c2ccccc2-c2ccccc21)[13C](=O)O. The van der Waals surface area contributed by atoms with Crippen LogP contribution < -0.4 is 5.32 Å². The summed E-state index contributed by atoms with van der Waals surface area (Å²) >= 11 is 0. The second-order valence-corrected chi connectivity index (χ2v) is 5.53. The molecule has 1 amide bonds. The Hall–Kier alpha value is -2.82. The van der Waals surface area contributed by atoms with Gasteiger partial charge in [-0.1, -0.05) is 48.5 Å². The number of aliphatic carboxylic acids is 1. The molecule has 0 aliphatic heterocycles. The van der Waals surface area contributed by atoms with E-state index in [1.165, 1.54) is 6.92 Å². The summed E-state index contributed by atoms with van der Waals surface area (Å²) < 4.78 is 5.25. The van der Waals surface area contributed by atoms with Gasteiger partial charge in [0.05, 0.1) is 0 Å². The molecule has 0 saturated heterocycles. The summed E-state index contributed by atoms with van der Waals surface area (Å²) in [6.45, 7) is 1.57. The average molecular weight is 314 g/mol. The average Bonchev–Trinajstić information content (AvgIpc) is 2.87. The molecule has 0 fully saturated rings. The molecule has 0 spiro atoms. The van der Waals surface area contributed by atoms with Crippen LogP contribution in [0.25, 0.3) is 11.1 Å². The Morgan fingerprint density at radius 3 is 2.13 bits per heavy atom. The van der Waals surface area contributed by atoms with Gasteiger partial charge in [-0.05, 0) is 29.2 Å². The highest BCUT2D eigenvalue weighted by Gasteiger charge is 2.29. The topological polar surface area (TPSA) is 75.6 Å². The molecular formula is C18H17NO4. The minimum Gasteiger partial charge on any atom is -0.480 e. The van der Waals surface area contributed by atoms with Crippen molar-refractivity contribution in [2.75, 3.05) is 6.61 Å². The minimum absolute atomic E-state index is 0.0340. The molecule has 0 aromatic heterocycles. The minimum atomic E-state index is -1.10. The van der Waals surface area contributed by atoms with E-state index >= 15 is 0 Å². The number of nitrogens with one attached hydrogen (secondary N) is 1. The Morgan fingerprint density at radius 1 is 1.09 bits per heavy atom. The molecule has 2 aromatic carbocycles. The van der Waals surface area contributed by atoms with E-state index in [-0.39, 0.29) is 12.5 Å². The maximum absolute atomic E-state index is 11.7. The third kappa shape index (κ3) is 2.90. The van der Waals surface area contributed by atoms with Crippen molar-refractivity contribution in [2.24, 2.45) is 0 Å². The third-order valence-electron chi connectivity index (χ3n) is 4.05. The van der Waals surface area contributed by atoms with Crippen LogP contribution in [0.5, 0.6) is 0 Å². The summed E-state index contributed by atoms with van der Waals surface area (Å²) in [5, 5.41) is 11.1. The number of carbonyl (C=O) groups excluding carboxylic acids is 1. The molecule has 1 aliphatic rings. The number of carbonyl (C=O) groups is 2. The first-order chi connectivity index (χ1) is 11.1. The van der Waals surface area contributed by atoms with Crippen LogP contribution in [0.2, 0.25) is 0 Å². The lowest BCUT2D eigenvalue weighted by Crippen LogP contribution is -2.39. The van der Waals surface area contributed by atoms with E-state index in [1.807, 2.05) is 36.4 Å². The quantitative estimate of drug-likeness (QED) is 0.851. The van der Waals surface area contributed by atoms with Crippen molar-refractivity contribution in [1.82, 2.24) is 5.32 Å². The molecule has 0 heterocycles. The van der Waals surface area contributed by atoms with Crippen molar-refractivity contribution in [3.63, 3.8) is 0 Å². The molecule has 23 heavy (non-hydrogen) atoms. The van der Waals surface area contributed by atoms with Gasteiger partial charge in [0.2, 0.25) is 0 Å². The standard InChI is InChI=1S/C18H17NO4/c1-11(17(20)21)19-18(22)23-10-16-14-8-4-2-6-12(14)13-7-3-5-9-15(13)16/h2-9,11,16H,10H2,1H3,(H,19,22)(H,20,21)/t11-/m0/s1/i1+1,11+1,17+1. The maximum atomic E-state index is 11.7. The number of ether oxygens (including phenoxy) is 1. The normalized spacial score (nSPS) is 13.8. The number of carboxylic acids is 1. The second kappa shape index (κ2) is 6.12. The number of rotatable bonds is 4. The van der Waals surface area contributed by atoms with Crippen LogP contribution in [0.4, 0.5) is 4.79 Å². The molecule has 2 aromatic rings. The molecule has 118 valence electrons. The first-order valence-corrected chi connectivity index (χ1v) is 7.42. The molecule has 1 aliphatic carbocycles. The Bertz CT molecular complexity index is 711. The van der Waals surface area contributed by atoms with Crippen molar-refractivity contribution in [1.29, 1.82) is 0 Å². The summed E-state index contributed by atoms with van der Waals surface area (Å²) in [6, 6.07) is 15.1. The van der Waals surface area contributed by atoms with Crippen LogP contribution >= 0.6 is 0 Å². The molecule has 2 N–H and O–H groups in total. The Labute approximate surface area is 133 Å². The predicted octanol–water partition coefficient (Wildman–Crippen LogP) is 3.00. The largest absolute Gasteiger partial charge is 0.480 e. The molecule has 5 heteroatoms. The van der Waals surface area contributed by atoms with E-state index in [1.54, 1.807) is 0 Å². The molecular weight excluding hydrogens is 297 g/mol. The van der Waals surface area contributed by atoms with Crippen molar-refractivity contribution < 1.29 is 19.4 Å². The molecule has 0 radical (unpaired) electrons. The first-order valence-electron chi connectivity index (χ1n) is 7.42. The fourth-order valence-electron chi connectivity index (χ4n) is 2.88. The predicted molar refractivity (Wildman–Crippen MR) is 85.3 cm³/mol. The number of carboxylic acid groups (broad SMARTS) is 1. The molecule has 0 saturated carbocycles. The van der Waals surface area contributed by atoms with Gasteiger partial charge in [-0.3, -0.25) is 4.79 Å². The number of benzene rings is 2. The highest BCUT2D eigenvalue weighted by molar-refractivity contribution is 5.80. The van der Waals surface area contributed by atoms with E-state index in [9.17, 15) is 9.59 Å². The van der Waals surface area contributed by atoms with Crippen molar-refractivity contribution >= 4 is 12.1 Å². The van der Waals surface area contributed by atoms with Crippen LogP contribution in [0.3, 0.4) is 0 Å².